The number of carbonyl (C=O) groups is 1. The minimum atomic E-state index is -3.27. The van der Waals surface area contributed by atoms with Crippen LogP contribution in [-0.2, 0) is 14.8 Å². The molecule has 4 rings (SSSR count). The molecule has 2 aliphatic rings. The van der Waals surface area contributed by atoms with Gasteiger partial charge in [0.05, 0.1) is 6.26 Å². The van der Waals surface area contributed by atoms with E-state index in [1.54, 1.807) is 0 Å². The molecule has 2 aromatic carbocycles. The second-order valence-corrected chi connectivity index (χ2v) is 10.3. The van der Waals surface area contributed by atoms with E-state index in [4.69, 9.17) is 11.6 Å². The Bertz CT molecular complexity index is 1010. The molecule has 1 saturated carbocycles. The summed E-state index contributed by atoms with van der Waals surface area (Å²) in [6.07, 6.45) is 3.59. The molecule has 0 spiro atoms. The number of halogens is 1. The molecule has 0 unspecified atom stereocenters. The number of hydrogen-bond donors (Lipinski definition) is 1. The van der Waals surface area contributed by atoms with Crippen LogP contribution in [0, 0.1) is 5.92 Å². The summed E-state index contributed by atoms with van der Waals surface area (Å²) >= 11 is 6.02. The van der Waals surface area contributed by atoms with Crippen LogP contribution in [0.2, 0.25) is 5.02 Å². The third-order valence-corrected chi connectivity index (χ3v) is 6.75. The van der Waals surface area contributed by atoms with Crippen molar-refractivity contribution in [3.63, 3.8) is 0 Å². The molecule has 1 heterocycles. The van der Waals surface area contributed by atoms with Gasteiger partial charge in [-0.2, -0.15) is 0 Å². The molecule has 1 N–H and O–H groups in total. The van der Waals surface area contributed by atoms with E-state index in [2.05, 4.69) is 16.9 Å². The monoisotopic (exact) mass is 432 g/mol. The Labute approximate surface area is 177 Å². The maximum Gasteiger partial charge on any atom is 0.226 e. The van der Waals surface area contributed by atoms with Crippen LogP contribution in [-0.4, -0.2) is 44.6 Å². The molecule has 1 aliphatic carbocycles. The van der Waals surface area contributed by atoms with Crippen LogP contribution >= 0.6 is 11.6 Å². The number of benzene rings is 2. The lowest BCUT2D eigenvalue weighted by Crippen LogP contribution is -2.49. The summed E-state index contributed by atoms with van der Waals surface area (Å²) in [5, 5.41) is 0.702. The maximum absolute atomic E-state index is 13.1. The van der Waals surface area contributed by atoms with Crippen molar-refractivity contribution in [3.05, 3.63) is 59.1 Å². The van der Waals surface area contributed by atoms with Gasteiger partial charge in [0, 0.05) is 30.1 Å². The highest BCUT2D eigenvalue weighted by Gasteiger charge is 2.47. The molecule has 0 aromatic heterocycles. The van der Waals surface area contributed by atoms with Crippen molar-refractivity contribution in [3.8, 4) is 11.1 Å². The molecular formula is C22H25ClN2O3S. The number of piperidine rings is 1. The SMILES string of the molecule is CS(=O)(=O)N[C@@H]1CCCN(C(=O)[C@@H]2C[C@H]2c2ccccc2-c2ccc(Cl)cc2)C1. The molecule has 1 aliphatic heterocycles. The summed E-state index contributed by atoms with van der Waals surface area (Å²) < 4.78 is 25.7. The van der Waals surface area contributed by atoms with E-state index in [1.807, 2.05) is 41.3 Å². The molecule has 0 radical (unpaired) electrons. The summed E-state index contributed by atoms with van der Waals surface area (Å²) in [6, 6.07) is 15.8. The summed E-state index contributed by atoms with van der Waals surface area (Å²) in [5.74, 6) is 0.318. The number of nitrogens with one attached hydrogen (secondary N) is 1. The van der Waals surface area contributed by atoms with E-state index < -0.39 is 10.0 Å². The van der Waals surface area contributed by atoms with Crippen molar-refractivity contribution in [2.75, 3.05) is 19.3 Å². The molecule has 3 atom stereocenters. The predicted octanol–water partition coefficient (Wildman–Crippen LogP) is 3.65. The Morgan fingerprint density at radius 1 is 1.14 bits per heavy atom. The van der Waals surface area contributed by atoms with Crippen molar-refractivity contribution in [2.45, 2.75) is 31.2 Å². The molecule has 1 amide bonds. The van der Waals surface area contributed by atoms with Crippen LogP contribution in [0.15, 0.2) is 48.5 Å². The van der Waals surface area contributed by atoms with E-state index in [9.17, 15) is 13.2 Å². The van der Waals surface area contributed by atoms with Crippen molar-refractivity contribution in [1.29, 1.82) is 0 Å². The lowest BCUT2D eigenvalue weighted by molar-refractivity contribution is -0.133. The van der Waals surface area contributed by atoms with Crippen molar-refractivity contribution < 1.29 is 13.2 Å². The van der Waals surface area contributed by atoms with Gasteiger partial charge >= 0.3 is 0 Å². The van der Waals surface area contributed by atoms with Gasteiger partial charge in [-0.15, -0.1) is 0 Å². The third-order valence-electron chi connectivity index (χ3n) is 5.74. The number of nitrogens with zero attached hydrogens (tertiary/aromatic N) is 1. The highest BCUT2D eigenvalue weighted by molar-refractivity contribution is 7.88. The Morgan fingerprint density at radius 3 is 2.59 bits per heavy atom. The van der Waals surface area contributed by atoms with Crippen LogP contribution in [0.1, 0.15) is 30.7 Å². The van der Waals surface area contributed by atoms with Crippen LogP contribution in [0.4, 0.5) is 0 Å². The number of carbonyl (C=O) groups excluding carboxylic acids is 1. The summed E-state index contributed by atoms with van der Waals surface area (Å²) in [6.45, 7) is 1.15. The van der Waals surface area contributed by atoms with Gasteiger partial charge in [0.2, 0.25) is 15.9 Å². The average molecular weight is 433 g/mol. The summed E-state index contributed by atoms with van der Waals surface area (Å²) in [5.41, 5.74) is 3.43. The quantitative estimate of drug-likeness (QED) is 0.784. The third kappa shape index (κ3) is 4.82. The van der Waals surface area contributed by atoms with E-state index >= 15 is 0 Å². The summed E-state index contributed by atoms with van der Waals surface area (Å²) in [7, 11) is -3.27. The number of likely N-dealkylation sites (tertiary alicyclic amines) is 1. The highest BCUT2D eigenvalue weighted by Crippen LogP contribution is 2.51. The van der Waals surface area contributed by atoms with Gasteiger partial charge in [-0.3, -0.25) is 4.79 Å². The minimum Gasteiger partial charge on any atom is -0.341 e. The van der Waals surface area contributed by atoms with Gasteiger partial charge in [-0.1, -0.05) is 48.0 Å². The van der Waals surface area contributed by atoms with Gasteiger partial charge in [-0.25, -0.2) is 13.1 Å². The molecule has 2 fully saturated rings. The zero-order valence-electron chi connectivity index (χ0n) is 16.3. The van der Waals surface area contributed by atoms with Crippen molar-refractivity contribution in [2.24, 2.45) is 5.92 Å². The fourth-order valence-electron chi connectivity index (χ4n) is 4.34. The zero-order valence-corrected chi connectivity index (χ0v) is 17.9. The fourth-order valence-corrected chi connectivity index (χ4v) is 5.26. The molecular weight excluding hydrogens is 408 g/mol. The molecule has 7 heteroatoms. The Kier molecular flexibility index (Phi) is 5.69. The number of hydrogen-bond acceptors (Lipinski definition) is 3. The smallest absolute Gasteiger partial charge is 0.226 e. The fraction of sp³-hybridized carbons (Fsp3) is 0.409. The van der Waals surface area contributed by atoms with Gasteiger partial charge in [0.1, 0.15) is 0 Å². The standard InChI is InChI=1S/C22H25ClN2O3S/c1-29(27,28)24-17-5-4-12-25(14-17)22(26)21-13-20(21)19-7-3-2-6-18(19)15-8-10-16(23)11-9-15/h2-3,6-11,17,20-21,24H,4-5,12-14H2,1H3/t17-,20+,21-/m1/s1. The lowest BCUT2D eigenvalue weighted by atomic mass is 9.95. The number of rotatable bonds is 5. The minimum absolute atomic E-state index is 0.0274. The Hall–Kier alpha value is -1.89. The zero-order chi connectivity index (χ0) is 20.6. The van der Waals surface area contributed by atoms with Crippen LogP contribution < -0.4 is 4.72 Å². The predicted molar refractivity (Wildman–Crippen MR) is 115 cm³/mol. The van der Waals surface area contributed by atoms with E-state index in [-0.39, 0.29) is 23.8 Å². The van der Waals surface area contributed by atoms with Gasteiger partial charge in [0.15, 0.2) is 0 Å². The topological polar surface area (TPSA) is 66.5 Å². The van der Waals surface area contributed by atoms with Gasteiger partial charge in [-0.05, 0) is 54.0 Å². The van der Waals surface area contributed by atoms with Crippen molar-refractivity contribution >= 4 is 27.5 Å². The first kappa shape index (κ1) is 20.4. The van der Waals surface area contributed by atoms with Crippen LogP contribution in [0.3, 0.4) is 0 Å². The van der Waals surface area contributed by atoms with Gasteiger partial charge in [0.25, 0.3) is 0 Å². The number of sulfonamides is 1. The number of amides is 1. The molecule has 2 aromatic rings. The average Bonchev–Trinajstić information content (AvgIpc) is 3.48. The largest absolute Gasteiger partial charge is 0.341 e. The van der Waals surface area contributed by atoms with Crippen LogP contribution in [0.5, 0.6) is 0 Å². The van der Waals surface area contributed by atoms with E-state index in [0.717, 1.165) is 30.4 Å². The summed E-state index contributed by atoms with van der Waals surface area (Å²) in [4.78, 5) is 14.9. The molecule has 29 heavy (non-hydrogen) atoms. The molecule has 0 bridgehead atoms. The van der Waals surface area contributed by atoms with Crippen LogP contribution in [0.25, 0.3) is 11.1 Å². The van der Waals surface area contributed by atoms with E-state index in [0.29, 0.717) is 18.1 Å². The van der Waals surface area contributed by atoms with Crippen molar-refractivity contribution in [1.82, 2.24) is 9.62 Å². The highest BCUT2D eigenvalue weighted by atomic mass is 35.5. The van der Waals surface area contributed by atoms with E-state index in [1.165, 1.54) is 11.8 Å². The van der Waals surface area contributed by atoms with Gasteiger partial charge < -0.3 is 4.90 Å². The Balaban J connectivity index is 1.47. The first-order valence-corrected chi connectivity index (χ1v) is 12.2. The maximum atomic E-state index is 13.1. The molecule has 1 saturated heterocycles. The molecule has 154 valence electrons. The lowest BCUT2D eigenvalue weighted by Gasteiger charge is -2.33. The first-order valence-electron chi connectivity index (χ1n) is 9.93. The molecule has 5 nitrogen and oxygen atoms in total. The first-order chi connectivity index (χ1) is 13.8. The second-order valence-electron chi connectivity index (χ2n) is 8.06. The Morgan fingerprint density at radius 2 is 1.86 bits per heavy atom. The second kappa shape index (κ2) is 8.09. The normalized spacial score (nSPS) is 24.3.